The van der Waals surface area contributed by atoms with E-state index in [4.69, 9.17) is 4.74 Å². The lowest BCUT2D eigenvalue weighted by atomic mass is 10.2. The molecule has 0 saturated heterocycles. The molecule has 6 nitrogen and oxygen atoms in total. The number of carbonyl (C=O) groups is 2. The van der Waals surface area contributed by atoms with E-state index >= 15 is 0 Å². The van der Waals surface area contributed by atoms with Crippen molar-refractivity contribution < 1.29 is 14.3 Å². The highest BCUT2D eigenvalue weighted by Gasteiger charge is 2.03. The number of benzene rings is 1. The van der Waals surface area contributed by atoms with Gasteiger partial charge in [-0.2, -0.15) is 0 Å². The lowest BCUT2D eigenvalue weighted by Crippen LogP contribution is -2.39. The number of urea groups is 1. The Morgan fingerprint density at radius 3 is 2.36 bits per heavy atom. The Morgan fingerprint density at radius 1 is 1.09 bits per heavy atom. The summed E-state index contributed by atoms with van der Waals surface area (Å²) >= 11 is 0. The Labute approximate surface area is 131 Å². The standard InChI is InChI=1S/C16H25N3O3/c1-13-6-8-14(9-7-13)22-12-4-5-15(20)17-10-11-18-16(21)19(2)3/h6-9H,4-5,10-12H2,1-3H3,(H,17,20)(H,18,21). The van der Waals surface area contributed by atoms with Crippen molar-refractivity contribution in [3.8, 4) is 5.75 Å². The third kappa shape index (κ3) is 7.52. The molecule has 3 amide bonds. The normalized spacial score (nSPS) is 9.95. The van der Waals surface area contributed by atoms with Crippen LogP contribution in [0.3, 0.4) is 0 Å². The average Bonchev–Trinajstić information content (AvgIpc) is 2.49. The van der Waals surface area contributed by atoms with Crippen molar-refractivity contribution in [2.45, 2.75) is 19.8 Å². The molecule has 0 saturated carbocycles. The molecule has 1 aromatic carbocycles. The molecule has 2 N–H and O–H groups in total. The molecule has 0 unspecified atom stereocenters. The number of nitrogens with zero attached hydrogens (tertiary/aromatic N) is 1. The van der Waals surface area contributed by atoms with Crippen LogP contribution in [0.25, 0.3) is 0 Å². The monoisotopic (exact) mass is 307 g/mol. The lowest BCUT2D eigenvalue weighted by Gasteiger charge is -2.12. The van der Waals surface area contributed by atoms with E-state index in [-0.39, 0.29) is 11.9 Å². The van der Waals surface area contributed by atoms with Gasteiger partial charge in [0.2, 0.25) is 5.91 Å². The maximum Gasteiger partial charge on any atom is 0.316 e. The van der Waals surface area contributed by atoms with Gasteiger partial charge in [0.05, 0.1) is 6.61 Å². The predicted octanol–water partition coefficient (Wildman–Crippen LogP) is 1.54. The number of ether oxygens (including phenoxy) is 1. The van der Waals surface area contributed by atoms with Gasteiger partial charge < -0.3 is 20.3 Å². The van der Waals surface area contributed by atoms with Crippen molar-refractivity contribution in [1.82, 2.24) is 15.5 Å². The minimum atomic E-state index is -0.166. The molecule has 0 aromatic heterocycles. The van der Waals surface area contributed by atoms with Crippen LogP contribution in [0.15, 0.2) is 24.3 Å². The van der Waals surface area contributed by atoms with Gasteiger partial charge in [-0.25, -0.2) is 4.79 Å². The Hall–Kier alpha value is -2.24. The Balaban J connectivity index is 2.04. The van der Waals surface area contributed by atoms with Gasteiger partial charge in [-0.1, -0.05) is 17.7 Å². The Morgan fingerprint density at radius 2 is 1.73 bits per heavy atom. The molecule has 0 bridgehead atoms. The van der Waals surface area contributed by atoms with Gasteiger partial charge in [0.1, 0.15) is 5.75 Å². The summed E-state index contributed by atoms with van der Waals surface area (Å²) in [4.78, 5) is 24.3. The van der Waals surface area contributed by atoms with E-state index in [1.807, 2.05) is 31.2 Å². The highest BCUT2D eigenvalue weighted by molar-refractivity contribution is 5.76. The first kappa shape index (κ1) is 17.8. The van der Waals surface area contributed by atoms with Crippen LogP contribution in [0.5, 0.6) is 5.75 Å². The average molecular weight is 307 g/mol. The predicted molar refractivity (Wildman–Crippen MR) is 86.0 cm³/mol. The summed E-state index contributed by atoms with van der Waals surface area (Å²) in [5, 5.41) is 5.43. The third-order valence-electron chi connectivity index (χ3n) is 2.97. The molecule has 0 fully saturated rings. The quantitative estimate of drug-likeness (QED) is 0.716. The highest BCUT2D eigenvalue weighted by Crippen LogP contribution is 2.11. The zero-order valence-electron chi connectivity index (χ0n) is 13.5. The van der Waals surface area contributed by atoms with Gasteiger partial charge in [-0.05, 0) is 25.5 Å². The van der Waals surface area contributed by atoms with E-state index in [1.54, 1.807) is 14.1 Å². The van der Waals surface area contributed by atoms with Crippen molar-refractivity contribution in [3.63, 3.8) is 0 Å². The fourth-order valence-corrected chi connectivity index (χ4v) is 1.68. The number of amides is 3. The number of nitrogens with one attached hydrogen (secondary N) is 2. The topological polar surface area (TPSA) is 70.7 Å². The minimum absolute atomic E-state index is 0.0355. The van der Waals surface area contributed by atoms with Crippen molar-refractivity contribution in [2.75, 3.05) is 33.8 Å². The molecule has 122 valence electrons. The molecular weight excluding hydrogens is 282 g/mol. The van der Waals surface area contributed by atoms with E-state index in [1.165, 1.54) is 10.5 Å². The number of hydrogen-bond donors (Lipinski definition) is 2. The molecule has 1 rings (SSSR count). The fourth-order valence-electron chi connectivity index (χ4n) is 1.68. The van der Waals surface area contributed by atoms with E-state index in [2.05, 4.69) is 10.6 Å². The van der Waals surface area contributed by atoms with Crippen molar-refractivity contribution in [3.05, 3.63) is 29.8 Å². The van der Waals surface area contributed by atoms with Crippen LogP contribution >= 0.6 is 0 Å². The minimum Gasteiger partial charge on any atom is -0.494 e. The summed E-state index contributed by atoms with van der Waals surface area (Å²) in [6.07, 6.45) is 1.07. The van der Waals surface area contributed by atoms with Gasteiger partial charge in [0.25, 0.3) is 0 Å². The van der Waals surface area contributed by atoms with Crippen LogP contribution in [-0.2, 0) is 4.79 Å². The zero-order valence-corrected chi connectivity index (χ0v) is 13.5. The van der Waals surface area contributed by atoms with Gasteiger partial charge in [-0.15, -0.1) is 0 Å². The van der Waals surface area contributed by atoms with Gasteiger partial charge >= 0.3 is 6.03 Å². The molecule has 0 heterocycles. The van der Waals surface area contributed by atoms with Crippen molar-refractivity contribution >= 4 is 11.9 Å². The molecule has 0 atom stereocenters. The van der Waals surface area contributed by atoms with Crippen molar-refractivity contribution in [2.24, 2.45) is 0 Å². The molecule has 22 heavy (non-hydrogen) atoms. The number of hydrogen-bond acceptors (Lipinski definition) is 3. The summed E-state index contributed by atoms with van der Waals surface area (Å²) in [5.41, 5.74) is 1.19. The van der Waals surface area contributed by atoms with Crippen LogP contribution in [0.2, 0.25) is 0 Å². The van der Waals surface area contributed by atoms with E-state index in [9.17, 15) is 9.59 Å². The molecule has 0 radical (unpaired) electrons. The summed E-state index contributed by atoms with van der Waals surface area (Å²) in [6.45, 7) is 3.38. The molecule has 0 aliphatic heterocycles. The SMILES string of the molecule is Cc1ccc(OCCCC(=O)NCCNC(=O)N(C)C)cc1. The Bertz CT molecular complexity index is 472. The lowest BCUT2D eigenvalue weighted by molar-refractivity contribution is -0.121. The number of rotatable bonds is 8. The molecule has 0 aliphatic carbocycles. The second-order valence-electron chi connectivity index (χ2n) is 5.24. The van der Waals surface area contributed by atoms with E-state index < -0.39 is 0 Å². The van der Waals surface area contributed by atoms with Crippen molar-refractivity contribution in [1.29, 1.82) is 0 Å². The first-order valence-electron chi connectivity index (χ1n) is 7.40. The summed E-state index contributed by atoms with van der Waals surface area (Å²) < 4.78 is 5.55. The number of aryl methyl sites for hydroxylation is 1. The van der Waals surface area contributed by atoms with Crippen LogP contribution in [0.1, 0.15) is 18.4 Å². The summed E-state index contributed by atoms with van der Waals surface area (Å²) in [7, 11) is 3.34. The second-order valence-corrected chi connectivity index (χ2v) is 5.24. The molecular formula is C16H25N3O3. The van der Waals surface area contributed by atoms with Crippen LogP contribution in [-0.4, -0.2) is 50.6 Å². The smallest absolute Gasteiger partial charge is 0.316 e. The maximum atomic E-state index is 11.6. The Kier molecular flexibility index (Phi) is 7.81. The highest BCUT2D eigenvalue weighted by atomic mass is 16.5. The van der Waals surface area contributed by atoms with Crippen LogP contribution in [0.4, 0.5) is 4.79 Å². The maximum absolute atomic E-state index is 11.6. The second kappa shape index (κ2) is 9.65. The van der Waals surface area contributed by atoms with Gasteiger partial charge in [0.15, 0.2) is 0 Å². The molecule has 1 aromatic rings. The summed E-state index contributed by atoms with van der Waals surface area (Å²) in [5.74, 6) is 0.781. The van der Waals surface area contributed by atoms with Crippen LogP contribution in [0, 0.1) is 6.92 Å². The summed E-state index contributed by atoms with van der Waals surface area (Å²) in [6, 6.07) is 7.65. The molecule has 0 spiro atoms. The van der Waals surface area contributed by atoms with E-state index in [0.29, 0.717) is 32.5 Å². The first-order chi connectivity index (χ1) is 10.5. The van der Waals surface area contributed by atoms with Gasteiger partial charge in [-0.3, -0.25) is 4.79 Å². The molecule has 0 aliphatic rings. The van der Waals surface area contributed by atoms with Crippen LogP contribution < -0.4 is 15.4 Å². The number of carbonyl (C=O) groups excluding carboxylic acids is 2. The molecule has 6 heteroatoms. The van der Waals surface area contributed by atoms with Gasteiger partial charge in [0, 0.05) is 33.6 Å². The first-order valence-corrected chi connectivity index (χ1v) is 7.40. The fraction of sp³-hybridized carbons (Fsp3) is 0.500. The van der Waals surface area contributed by atoms with E-state index in [0.717, 1.165) is 5.75 Å². The largest absolute Gasteiger partial charge is 0.494 e. The zero-order chi connectivity index (χ0) is 16.4. The third-order valence-corrected chi connectivity index (χ3v) is 2.97.